The molecule has 0 N–H and O–H groups in total. The molecule has 96 valence electrons. The van der Waals surface area contributed by atoms with Crippen LogP contribution in [0.15, 0.2) is 10.7 Å². The van der Waals surface area contributed by atoms with Gasteiger partial charge in [-0.05, 0) is 36.2 Å². The number of rotatable bonds is 5. The summed E-state index contributed by atoms with van der Waals surface area (Å²) in [6, 6.07) is 2.50. The van der Waals surface area contributed by atoms with Crippen LogP contribution in [0.2, 0.25) is 0 Å². The fourth-order valence-electron chi connectivity index (χ4n) is 1.75. The molecule has 0 spiro atoms. The van der Waals surface area contributed by atoms with Gasteiger partial charge in [-0.15, -0.1) is 0 Å². The molecule has 1 aromatic rings. The van der Waals surface area contributed by atoms with Crippen LogP contribution in [0.5, 0.6) is 0 Å². The topological polar surface area (TPSA) is 29.0 Å². The van der Waals surface area contributed by atoms with E-state index < -0.39 is 0 Å². The van der Waals surface area contributed by atoms with Crippen LogP contribution in [0.1, 0.15) is 52.8 Å². The molecule has 4 heteroatoms. The maximum atomic E-state index is 4.66. The second-order valence-electron chi connectivity index (χ2n) is 4.61. The number of nitrogens with zero attached hydrogens (tertiary/aromatic N) is 3. The molecule has 0 amide bonds. The molecule has 1 heterocycles. The molecule has 0 saturated heterocycles. The predicted molar refractivity (Wildman–Crippen MR) is 76.6 cm³/mol. The van der Waals surface area contributed by atoms with Gasteiger partial charge in [0.1, 0.15) is 16.2 Å². The van der Waals surface area contributed by atoms with Gasteiger partial charge < -0.3 is 4.90 Å². The zero-order valence-electron chi connectivity index (χ0n) is 11.4. The van der Waals surface area contributed by atoms with Crippen LogP contribution in [0.25, 0.3) is 0 Å². The van der Waals surface area contributed by atoms with E-state index in [1.54, 1.807) is 0 Å². The van der Waals surface area contributed by atoms with Crippen molar-refractivity contribution in [2.45, 2.75) is 53.0 Å². The molecule has 0 aliphatic heterocycles. The summed E-state index contributed by atoms with van der Waals surface area (Å²) in [5.74, 6) is 2.27. The van der Waals surface area contributed by atoms with E-state index in [1.165, 1.54) is 0 Å². The molecule has 0 saturated carbocycles. The van der Waals surface area contributed by atoms with E-state index in [1.807, 2.05) is 6.07 Å². The van der Waals surface area contributed by atoms with Crippen LogP contribution < -0.4 is 4.90 Å². The number of hydrogen-bond acceptors (Lipinski definition) is 3. The average Bonchev–Trinajstić information content (AvgIpc) is 2.28. The number of halogens is 1. The van der Waals surface area contributed by atoms with Crippen molar-refractivity contribution in [1.29, 1.82) is 0 Å². The van der Waals surface area contributed by atoms with Crippen molar-refractivity contribution in [1.82, 2.24) is 9.97 Å². The Hall–Kier alpha value is -0.640. The summed E-state index contributed by atoms with van der Waals surface area (Å²) < 4.78 is 0.868. The van der Waals surface area contributed by atoms with Crippen molar-refractivity contribution < 1.29 is 0 Å². The van der Waals surface area contributed by atoms with Crippen molar-refractivity contribution in [3.05, 3.63) is 16.5 Å². The summed E-state index contributed by atoms with van der Waals surface area (Å²) in [4.78, 5) is 11.4. The van der Waals surface area contributed by atoms with Gasteiger partial charge in [0.15, 0.2) is 0 Å². The molecule has 3 nitrogen and oxygen atoms in total. The van der Waals surface area contributed by atoms with Crippen LogP contribution in [0.3, 0.4) is 0 Å². The van der Waals surface area contributed by atoms with Gasteiger partial charge in [-0.2, -0.15) is 0 Å². The SMILES string of the molecule is CCC(C)N(CC)c1cc(Br)nc(C(C)C)n1. The number of anilines is 1. The molecule has 0 bridgehead atoms. The van der Waals surface area contributed by atoms with Crippen molar-refractivity contribution in [2.24, 2.45) is 0 Å². The molecule has 0 radical (unpaired) electrons. The van der Waals surface area contributed by atoms with Crippen LogP contribution in [0, 0.1) is 0 Å². The van der Waals surface area contributed by atoms with E-state index >= 15 is 0 Å². The van der Waals surface area contributed by atoms with Crippen molar-refractivity contribution in [2.75, 3.05) is 11.4 Å². The van der Waals surface area contributed by atoms with Gasteiger partial charge in [0.05, 0.1) is 0 Å². The van der Waals surface area contributed by atoms with Gasteiger partial charge in [0.2, 0.25) is 0 Å². The normalized spacial score (nSPS) is 12.9. The lowest BCUT2D eigenvalue weighted by molar-refractivity contribution is 0.617. The standard InChI is InChI=1S/C13H22BrN3/c1-6-10(5)17(7-2)12-8-11(14)15-13(16-12)9(3)4/h8-10H,6-7H2,1-5H3. The van der Waals surface area contributed by atoms with Gasteiger partial charge in [-0.1, -0.05) is 20.8 Å². The highest BCUT2D eigenvalue weighted by molar-refractivity contribution is 9.10. The van der Waals surface area contributed by atoms with Crippen LogP contribution in [0.4, 0.5) is 5.82 Å². The van der Waals surface area contributed by atoms with Gasteiger partial charge in [0, 0.05) is 24.6 Å². The fourth-order valence-corrected chi connectivity index (χ4v) is 2.13. The summed E-state index contributed by atoms with van der Waals surface area (Å²) in [7, 11) is 0. The summed E-state index contributed by atoms with van der Waals surface area (Å²) in [6.07, 6.45) is 1.12. The largest absolute Gasteiger partial charge is 0.354 e. The maximum Gasteiger partial charge on any atom is 0.134 e. The van der Waals surface area contributed by atoms with E-state index in [2.05, 4.69) is 65.4 Å². The third-order valence-corrected chi connectivity index (χ3v) is 3.38. The lowest BCUT2D eigenvalue weighted by atomic mass is 10.2. The molecule has 0 aliphatic rings. The lowest BCUT2D eigenvalue weighted by Crippen LogP contribution is -2.33. The highest BCUT2D eigenvalue weighted by atomic mass is 79.9. The minimum Gasteiger partial charge on any atom is -0.354 e. The quantitative estimate of drug-likeness (QED) is 0.770. The fraction of sp³-hybridized carbons (Fsp3) is 0.692. The summed E-state index contributed by atoms with van der Waals surface area (Å²) in [6.45, 7) is 11.8. The zero-order valence-corrected chi connectivity index (χ0v) is 13.0. The molecule has 1 aromatic heterocycles. The molecule has 0 aromatic carbocycles. The van der Waals surface area contributed by atoms with Crippen LogP contribution in [-0.2, 0) is 0 Å². The molecule has 0 fully saturated rings. The smallest absolute Gasteiger partial charge is 0.134 e. The Balaban J connectivity index is 3.11. The van der Waals surface area contributed by atoms with Crippen LogP contribution >= 0.6 is 15.9 Å². The molecule has 0 aliphatic carbocycles. The monoisotopic (exact) mass is 299 g/mol. The zero-order chi connectivity index (χ0) is 13.0. The van der Waals surface area contributed by atoms with E-state index in [9.17, 15) is 0 Å². The number of hydrogen-bond donors (Lipinski definition) is 0. The highest BCUT2D eigenvalue weighted by Gasteiger charge is 2.15. The molecular weight excluding hydrogens is 278 g/mol. The van der Waals surface area contributed by atoms with Crippen LogP contribution in [-0.4, -0.2) is 22.6 Å². The second kappa shape index (κ2) is 6.34. The van der Waals surface area contributed by atoms with Gasteiger partial charge >= 0.3 is 0 Å². The van der Waals surface area contributed by atoms with Gasteiger partial charge in [-0.3, -0.25) is 0 Å². The first-order chi connectivity index (χ1) is 7.99. The highest BCUT2D eigenvalue weighted by Crippen LogP contribution is 2.22. The average molecular weight is 300 g/mol. The molecular formula is C13H22BrN3. The summed E-state index contributed by atoms with van der Waals surface area (Å²) in [5.41, 5.74) is 0. The molecule has 1 atom stereocenters. The Bertz CT molecular complexity index is 366. The first kappa shape index (κ1) is 14.4. The summed E-state index contributed by atoms with van der Waals surface area (Å²) >= 11 is 3.47. The Labute approximate surface area is 113 Å². The third-order valence-electron chi connectivity index (χ3n) is 2.97. The first-order valence-corrected chi connectivity index (χ1v) is 7.09. The Morgan fingerprint density at radius 3 is 2.35 bits per heavy atom. The Morgan fingerprint density at radius 2 is 1.88 bits per heavy atom. The maximum absolute atomic E-state index is 4.66. The van der Waals surface area contributed by atoms with Crippen molar-refractivity contribution in [3.8, 4) is 0 Å². The number of aromatic nitrogens is 2. The lowest BCUT2D eigenvalue weighted by Gasteiger charge is -2.28. The van der Waals surface area contributed by atoms with Gasteiger partial charge in [0.25, 0.3) is 0 Å². The minimum absolute atomic E-state index is 0.349. The Kier molecular flexibility index (Phi) is 5.37. The summed E-state index contributed by atoms with van der Waals surface area (Å²) in [5, 5.41) is 0. The minimum atomic E-state index is 0.349. The van der Waals surface area contributed by atoms with Crippen molar-refractivity contribution in [3.63, 3.8) is 0 Å². The van der Waals surface area contributed by atoms with E-state index in [-0.39, 0.29) is 0 Å². The van der Waals surface area contributed by atoms with Gasteiger partial charge in [-0.25, -0.2) is 9.97 Å². The Morgan fingerprint density at radius 1 is 1.24 bits per heavy atom. The van der Waals surface area contributed by atoms with Crippen molar-refractivity contribution >= 4 is 21.7 Å². The van der Waals surface area contributed by atoms with E-state index in [0.717, 1.165) is 29.2 Å². The van der Waals surface area contributed by atoms with E-state index in [0.29, 0.717) is 12.0 Å². The molecule has 1 unspecified atom stereocenters. The second-order valence-corrected chi connectivity index (χ2v) is 5.42. The molecule has 17 heavy (non-hydrogen) atoms. The first-order valence-electron chi connectivity index (χ1n) is 6.30. The third kappa shape index (κ3) is 3.66. The van der Waals surface area contributed by atoms with E-state index in [4.69, 9.17) is 0 Å². The molecule has 1 rings (SSSR count). The predicted octanol–water partition coefficient (Wildman–Crippen LogP) is 3.99.